The Balaban J connectivity index is 1.29. The van der Waals surface area contributed by atoms with Gasteiger partial charge >= 0.3 is 0 Å². The lowest BCUT2D eigenvalue weighted by Gasteiger charge is -2.26. The monoisotopic (exact) mass is 417 g/mol. The second-order valence-corrected chi connectivity index (χ2v) is 9.25. The Labute approximate surface area is 181 Å². The summed E-state index contributed by atoms with van der Waals surface area (Å²) in [6.07, 6.45) is 6.28. The quantitative estimate of drug-likeness (QED) is 0.667. The van der Waals surface area contributed by atoms with E-state index in [1.807, 2.05) is 30.5 Å². The number of nitrogens with one attached hydrogen (secondary N) is 1. The number of benzene rings is 1. The molecule has 1 N–H and O–H groups in total. The summed E-state index contributed by atoms with van der Waals surface area (Å²) in [6, 6.07) is 12.2. The van der Waals surface area contributed by atoms with Crippen LogP contribution in [0.1, 0.15) is 18.5 Å². The average Bonchev–Trinajstić information content (AvgIpc) is 3.29. The molecule has 2 atom stereocenters. The third kappa shape index (κ3) is 3.32. The fraction of sp³-hybridized carbons (Fsp3) is 0.458. The molecule has 31 heavy (non-hydrogen) atoms. The molecule has 160 valence electrons. The van der Waals surface area contributed by atoms with Crippen LogP contribution in [0.3, 0.4) is 0 Å². The maximum atomic E-state index is 13.2. The number of ether oxygens (including phenoxy) is 1. The number of aromatic nitrogens is 3. The molecule has 1 saturated carbocycles. The van der Waals surface area contributed by atoms with Gasteiger partial charge in [0.05, 0.1) is 30.0 Å². The van der Waals surface area contributed by atoms with Gasteiger partial charge < -0.3 is 10.1 Å². The van der Waals surface area contributed by atoms with Gasteiger partial charge in [-0.3, -0.25) is 14.1 Å². The molecular weight excluding hydrogens is 390 g/mol. The summed E-state index contributed by atoms with van der Waals surface area (Å²) in [4.78, 5) is 24.9. The van der Waals surface area contributed by atoms with Crippen molar-refractivity contribution in [3.63, 3.8) is 0 Å². The van der Waals surface area contributed by atoms with Crippen molar-refractivity contribution in [3.05, 3.63) is 54.5 Å². The molecule has 2 aromatic heterocycles. The highest BCUT2D eigenvalue weighted by Crippen LogP contribution is 2.42. The number of carbonyl (C=O) groups is 1. The van der Waals surface area contributed by atoms with Crippen LogP contribution in [-0.4, -0.2) is 58.0 Å². The highest BCUT2D eigenvalue weighted by Gasteiger charge is 2.55. The van der Waals surface area contributed by atoms with Gasteiger partial charge in [-0.05, 0) is 24.8 Å². The summed E-state index contributed by atoms with van der Waals surface area (Å²) < 4.78 is 7.87. The molecular formula is C24H27N5O2. The number of imidazole rings is 1. The summed E-state index contributed by atoms with van der Waals surface area (Å²) in [5.41, 5.74) is 2.73. The lowest BCUT2D eigenvalue weighted by molar-refractivity contribution is -0.131. The molecule has 3 aliphatic rings. The van der Waals surface area contributed by atoms with Crippen LogP contribution in [0.2, 0.25) is 0 Å². The van der Waals surface area contributed by atoms with Crippen molar-refractivity contribution in [2.24, 2.45) is 17.3 Å². The summed E-state index contributed by atoms with van der Waals surface area (Å²) in [5, 5.41) is 3.22. The Morgan fingerprint density at radius 1 is 1.23 bits per heavy atom. The third-order valence-corrected chi connectivity index (χ3v) is 7.07. The fourth-order valence-corrected chi connectivity index (χ4v) is 5.14. The molecule has 0 unspecified atom stereocenters. The standard InChI is InChI=1S/C24H27N5O2/c30-22(26-11-17-7-8-17)24-15-28(12-19(24)14-31-16-24)13-20-21(18-5-2-1-3-6-18)27-23-25-9-4-10-29(20)23/h1-6,9-10,17,19H,7-8,11-16H2,(H,26,30)/t19-,24-/m0/s1. The molecule has 2 aliphatic heterocycles. The molecule has 2 saturated heterocycles. The smallest absolute Gasteiger partial charge is 0.234 e. The van der Waals surface area contributed by atoms with Gasteiger partial charge in [0.15, 0.2) is 0 Å². The van der Waals surface area contributed by atoms with E-state index < -0.39 is 5.41 Å². The third-order valence-electron chi connectivity index (χ3n) is 7.07. The minimum Gasteiger partial charge on any atom is -0.380 e. The molecule has 7 heteroatoms. The normalized spacial score (nSPS) is 25.7. The maximum Gasteiger partial charge on any atom is 0.234 e. The van der Waals surface area contributed by atoms with Crippen molar-refractivity contribution >= 4 is 11.7 Å². The zero-order valence-electron chi connectivity index (χ0n) is 17.5. The molecule has 0 spiro atoms. The first-order chi connectivity index (χ1) is 15.2. The lowest BCUT2D eigenvalue weighted by Crippen LogP contribution is -2.47. The van der Waals surface area contributed by atoms with E-state index in [4.69, 9.17) is 9.72 Å². The molecule has 4 heterocycles. The van der Waals surface area contributed by atoms with Gasteiger partial charge in [0.2, 0.25) is 11.7 Å². The van der Waals surface area contributed by atoms with E-state index in [0.29, 0.717) is 24.9 Å². The van der Waals surface area contributed by atoms with Crippen LogP contribution in [0, 0.1) is 17.3 Å². The van der Waals surface area contributed by atoms with Crippen LogP contribution in [0.15, 0.2) is 48.8 Å². The first kappa shape index (κ1) is 19.0. The van der Waals surface area contributed by atoms with Gasteiger partial charge in [0.25, 0.3) is 0 Å². The predicted molar refractivity (Wildman–Crippen MR) is 116 cm³/mol. The van der Waals surface area contributed by atoms with Gasteiger partial charge in [0.1, 0.15) is 0 Å². The molecule has 3 fully saturated rings. The van der Waals surface area contributed by atoms with Crippen LogP contribution in [0.5, 0.6) is 0 Å². The molecule has 6 rings (SSSR count). The summed E-state index contributed by atoms with van der Waals surface area (Å²) in [6.45, 7) is 4.29. The zero-order chi connectivity index (χ0) is 20.8. The van der Waals surface area contributed by atoms with Crippen molar-refractivity contribution < 1.29 is 9.53 Å². The van der Waals surface area contributed by atoms with Crippen molar-refractivity contribution in [1.82, 2.24) is 24.6 Å². The van der Waals surface area contributed by atoms with Crippen LogP contribution < -0.4 is 5.32 Å². The topological polar surface area (TPSA) is 71.8 Å². The minimum atomic E-state index is -0.430. The van der Waals surface area contributed by atoms with Crippen LogP contribution in [0.4, 0.5) is 0 Å². The number of rotatable bonds is 6. The van der Waals surface area contributed by atoms with Gasteiger partial charge in [-0.25, -0.2) is 9.97 Å². The van der Waals surface area contributed by atoms with E-state index in [1.165, 1.54) is 12.8 Å². The van der Waals surface area contributed by atoms with E-state index in [-0.39, 0.29) is 11.8 Å². The van der Waals surface area contributed by atoms with E-state index in [9.17, 15) is 4.79 Å². The van der Waals surface area contributed by atoms with Gasteiger partial charge in [0, 0.05) is 50.1 Å². The average molecular weight is 418 g/mol. The second-order valence-electron chi connectivity index (χ2n) is 9.25. The zero-order valence-corrected chi connectivity index (χ0v) is 17.5. The van der Waals surface area contributed by atoms with Gasteiger partial charge in [-0.15, -0.1) is 0 Å². The number of amides is 1. The van der Waals surface area contributed by atoms with Crippen molar-refractivity contribution in [1.29, 1.82) is 0 Å². The highest BCUT2D eigenvalue weighted by atomic mass is 16.5. The fourth-order valence-electron chi connectivity index (χ4n) is 5.14. The highest BCUT2D eigenvalue weighted by molar-refractivity contribution is 5.84. The molecule has 3 aromatic rings. The van der Waals surface area contributed by atoms with Gasteiger partial charge in [-0.1, -0.05) is 30.3 Å². The Kier molecular flexibility index (Phi) is 4.54. The lowest BCUT2D eigenvalue weighted by atomic mass is 9.80. The molecule has 0 radical (unpaired) electrons. The Bertz CT molecular complexity index is 1110. The first-order valence-corrected chi connectivity index (χ1v) is 11.2. The Hall–Kier alpha value is -2.77. The van der Waals surface area contributed by atoms with Crippen molar-refractivity contribution in [2.75, 3.05) is 32.8 Å². The van der Waals surface area contributed by atoms with Gasteiger partial charge in [-0.2, -0.15) is 0 Å². The number of hydrogen-bond donors (Lipinski definition) is 1. The SMILES string of the molecule is O=C(NCC1CC1)[C@@]12COC[C@@H]1CN(Cc1c(-c3ccccc3)nc3ncccn13)C2. The first-order valence-electron chi connectivity index (χ1n) is 11.2. The molecule has 1 aromatic carbocycles. The van der Waals surface area contributed by atoms with Crippen LogP contribution in [-0.2, 0) is 16.1 Å². The maximum absolute atomic E-state index is 13.2. The van der Waals surface area contributed by atoms with E-state index in [2.05, 4.69) is 31.7 Å². The molecule has 1 aliphatic carbocycles. The number of hydrogen-bond acceptors (Lipinski definition) is 5. The number of carbonyl (C=O) groups excluding carboxylic acids is 1. The number of fused-ring (bicyclic) bond motifs is 2. The van der Waals surface area contributed by atoms with E-state index in [0.717, 1.165) is 43.1 Å². The van der Waals surface area contributed by atoms with E-state index >= 15 is 0 Å². The van der Waals surface area contributed by atoms with Crippen molar-refractivity contribution in [3.8, 4) is 11.3 Å². The van der Waals surface area contributed by atoms with Crippen molar-refractivity contribution in [2.45, 2.75) is 19.4 Å². The van der Waals surface area contributed by atoms with Crippen LogP contribution in [0.25, 0.3) is 17.0 Å². The summed E-state index contributed by atoms with van der Waals surface area (Å²) >= 11 is 0. The Morgan fingerprint density at radius 2 is 2.10 bits per heavy atom. The molecule has 7 nitrogen and oxygen atoms in total. The summed E-state index contributed by atoms with van der Waals surface area (Å²) in [7, 11) is 0. The number of nitrogens with zero attached hydrogens (tertiary/aromatic N) is 4. The Morgan fingerprint density at radius 3 is 2.94 bits per heavy atom. The van der Waals surface area contributed by atoms with Crippen LogP contribution >= 0.6 is 0 Å². The second kappa shape index (κ2) is 7.43. The largest absolute Gasteiger partial charge is 0.380 e. The summed E-state index contributed by atoms with van der Waals surface area (Å²) in [5.74, 6) is 1.80. The molecule has 1 amide bonds. The molecule has 0 bridgehead atoms. The minimum absolute atomic E-state index is 0.174. The predicted octanol–water partition coefficient (Wildman–Crippen LogP) is 2.37. The number of likely N-dealkylation sites (tertiary alicyclic amines) is 1. The van der Waals surface area contributed by atoms with E-state index in [1.54, 1.807) is 6.20 Å².